The Morgan fingerprint density at radius 1 is 1.28 bits per heavy atom. The van der Waals surface area contributed by atoms with Gasteiger partial charge in [-0.05, 0) is 49.2 Å². The average Bonchev–Trinajstić information content (AvgIpc) is 3.33. The standard InChI is InChI=1S/C18H18FN3O5S2/c1-12-9-13(19)4-5-17(12)29(25,26)21-18-10-15(16-3-2-7-27-16)20-22(18)14-6-8-28(23,24)11-14/h2-5,7,9-10,14,21H,6,8,11H2,1H3/t14-/m0/s1. The molecule has 1 atom stereocenters. The molecule has 0 radical (unpaired) electrons. The molecule has 3 heterocycles. The van der Waals surface area contributed by atoms with Crippen molar-refractivity contribution < 1.29 is 25.6 Å². The van der Waals surface area contributed by atoms with E-state index in [0.717, 1.165) is 12.1 Å². The normalized spacial score (nSPS) is 18.8. The second kappa shape index (κ2) is 6.99. The molecule has 11 heteroatoms. The van der Waals surface area contributed by atoms with E-state index in [0.29, 0.717) is 17.9 Å². The number of nitrogens with one attached hydrogen (secondary N) is 1. The highest BCUT2D eigenvalue weighted by atomic mass is 32.2. The third-order valence-electron chi connectivity index (χ3n) is 4.73. The Labute approximate surface area is 167 Å². The van der Waals surface area contributed by atoms with Gasteiger partial charge in [-0.3, -0.25) is 4.72 Å². The fourth-order valence-electron chi connectivity index (χ4n) is 3.37. The molecular formula is C18H18FN3O5S2. The van der Waals surface area contributed by atoms with Gasteiger partial charge in [-0.25, -0.2) is 25.9 Å². The first kappa shape index (κ1) is 19.6. The molecule has 3 aromatic rings. The molecule has 0 amide bonds. The van der Waals surface area contributed by atoms with Gasteiger partial charge in [-0.1, -0.05) is 0 Å². The van der Waals surface area contributed by atoms with Crippen molar-refractivity contribution in [3.05, 3.63) is 54.0 Å². The van der Waals surface area contributed by atoms with Gasteiger partial charge in [0.1, 0.15) is 17.3 Å². The number of hydrogen-bond acceptors (Lipinski definition) is 6. The first-order valence-electron chi connectivity index (χ1n) is 8.77. The van der Waals surface area contributed by atoms with E-state index in [1.165, 1.54) is 30.0 Å². The molecule has 4 rings (SSSR count). The molecule has 0 unspecified atom stereocenters. The summed E-state index contributed by atoms with van der Waals surface area (Å²) in [4.78, 5) is -0.0785. The molecule has 0 saturated carbocycles. The van der Waals surface area contributed by atoms with E-state index in [4.69, 9.17) is 4.42 Å². The summed E-state index contributed by atoms with van der Waals surface area (Å²) in [5.41, 5.74) is 0.617. The number of rotatable bonds is 5. The highest BCUT2D eigenvalue weighted by Crippen LogP contribution is 2.32. The maximum absolute atomic E-state index is 13.4. The molecule has 154 valence electrons. The van der Waals surface area contributed by atoms with E-state index in [9.17, 15) is 21.2 Å². The van der Waals surface area contributed by atoms with Crippen LogP contribution in [0.25, 0.3) is 11.5 Å². The maximum atomic E-state index is 13.4. The van der Waals surface area contributed by atoms with Crippen LogP contribution in [0.3, 0.4) is 0 Å². The molecule has 1 aliphatic heterocycles. The Bertz CT molecular complexity index is 1260. The first-order chi connectivity index (χ1) is 13.6. The highest BCUT2D eigenvalue weighted by molar-refractivity contribution is 7.92. The molecule has 1 aliphatic rings. The van der Waals surface area contributed by atoms with Crippen molar-refractivity contribution >= 4 is 25.7 Å². The average molecular weight is 439 g/mol. The zero-order valence-corrected chi connectivity index (χ0v) is 17.0. The van der Waals surface area contributed by atoms with E-state index < -0.39 is 31.7 Å². The lowest BCUT2D eigenvalue weighted by Crippen LogP contribution is -2.20. The number of sulfone groups is 1. The molecule has 1 fully saturated rings. The van der Waals surface area contributed by atoms with Gasteiger partial charge in [0.25, 0.3) is 10.0 Å². The van der Waals surface area contributed by atoms with Crippen LogP contribution in [0, 0.1) is 12.7 Å². The van der Waals surface area contributed by atoms with E-state index in [2.05, 4.69) is 9.82 Å². The van der Waals surface area contributed by atoms with Gasteiger partial charge < -0.3 is 4.42 Å². The van der Waals surface area contributed by atoms with Crippen LogP contribution in [0.1, 0.15) is 18.0 Å². The van der Waals surface area contributed by atoms with Gasteiger partial charge in [0.2, 0.25) is 0 Å². The molecular weight excluding hydrogens is 421 g/mol. The van der Waals surface area contributed by atoms with Gasteiger partial charge in [-0.2, -0.15) is 5.10 Å². The second-order valence-corrected chi connectivity index (χ2v) is 10.8. The van der Waals surface area contributed by atoms with Crippen LogP contribution in [0.4, 0.5) is 10.2 Å². The van der Waals surface area contributed by atoms with E-state index >= 15 is 0 Å². The van der Waals surface area contributed by atoms with Gasteiger partial charge in [0.05, 0.1) is 28.7 Å². The Balaban J connectivity index is 1.76. The molecule has 2 aromatic heterocycles. The summed E-state index contributed by atoms with van der Waals surface area (Å²) < 4.78 is 72.2. The van der Waals surface area contributed by atoms with Crippen LogP contribution in [0.5, 0.6) is 0 Å². The number of hydrogen-bond donors (Lipinski definition) is 1. The SMILES string of the molecule is Cc1cc(F)ccc1S(=O)(=O)Nc1cc(-c2ccco2)nn1[C@H]1CCS(=O)(=O)C1. The molecule has 29 heavy (non-hydrogen) atoms. The number of halogens is 1. The molecule has 0 bridgehead atoms. The lowest BCUT2D eigenvalue weighted by atomic mass is 10.2. The summed E-state index contributed by atoms with van der Waals surface area (Å²) >= 11 is 0. The minimum absolute atomic E-state index is 0.0108. The zero-order valence-electron chi connectivity index (χ0n) is 15.4. The summed E-state index contributed by atoms with van der Waals surface area (Å²) in [6, 6.07) is 7.69. The third kappa shape index (κ3) is 3.92. The predicted molar refractivity (Wildman–Crippen MR) is 104 cm³/mol. The summed E-state index contributed by atoms with van der Waals surface area (Å²) in [5.74, 6) is -0.124. The van der Waals surface area contributed by atoms with Crippen LogP contribution < -0.4 is 4.72 Å². The fourth-order valence-corrected chi connectivity index (χ4v) is 6.33. The number of sulfonamides is 1. The Morgan fingerprint density at radius 2 is 2.07 bits per heavy atom. The Morgan fingerprint density at radius 3 is 2.69 bits per heavy atom. The minimum Gasteiger partial charge on any atom is -0.463 e. The Hall–Kier alpha value is -2.66. The van der Waals surface area contributed by atoms with Crippen molar-refractivity contribution in [1.82, 2.24) is 9.78 Å². The second-order valence-electron chi connectivity index (χ2n) is 6.91. The van der Waals surface area contributed by atoms with Gasteiger partial charge >= 0.3 is 0 Å². The molecule has 0 aliphatic carbocycles. The quantitative estimate of drug-likeness (QED) is 0.654. The molecule has 8 nitrogen and oxygen atoms in total. The summed E-state index contributed by atoms with van der Waals surface area (Å²) in [5, 5.41) is 4.39. The predicted octanol–water partition coefficient (Wildman–Crippen LogP) is 2.75. The minimum atomic E-state index is -4.05. The van der Waals surface area contributed by atoms with Gasteiger partial charge in [-0.15, -0.1) is 0 Å². The molecule has 1 saturated heterocycles. The van der Waals surface area contributed by atoms with Crippen molar-refractivity contribution in [2.45, 2.75) is 24.3 Å². The summed E-state index contributed by atoms with van der Waals surface area (Å²) in [6.07, 6.45) is 1.78. The van der Waals surface area contributed by atoms with Crippen molar-refractivity contribution in [3.8, 4) is 11.5 Å². The van der Waals surface area contributed by atoms with Crippen LogP contribution in [0.2, 0.25) is 0 Å². The van der Waals surface area contributed by atoms with Crippen molar-refractivity contribution in [3.63, 3.8) is 0 Å². The summed E-state index contributed by atoms with van der Waals surface area (Å²) in [7, 11) is -7.27. The number of aromatic nitrogens is 2. The van der Waals surface area contributed by atoms with E-state index in [1.54, 1.807) is 12.1 Å². The third-order valence-corrected chi connectivity index (χ3v) is 7.99. The smallest absolute Gasteiger partial charge is 0.263 e. The van der Waals surface area contributed by atoms with Crippen LogP contribution in [0.15, 0.2) is 52.0 Å². The largest absolute Gasteiger partial charge is 0.463 e. The number of nitrogens with zero attached hydrogens (tertiary/aromatic N) is 2. The zero-order chi connectivity index (χ0) is 20.8. The number of furan rings is 1. The highest BCUT2D eigenvalue weighted by Gasteiger charge is 2.32. The van der Waals surface area contributed by atoms with Crippen LogP contribution >= 0.6 is 0 Å². The van der Waals surface area contributed by atoms with Crippen molar-refractivity contribution in [2.75, 3.05) is 16.2 Å². The number of benzene rings is 1. The molecule has 0 spiro atoms. The molecule has 1 N–H and O–H groups in total. The number of aryl methyl sites for hydroxylation is 1. The Kier molecular flexibility index (Phi) is 4.74. The van der Waals surface area contributed by atoms with E-state index in [-0.39, 0.29) is 27.8 Å². The first-order valence-corrected chi connectivity index (χ1v) is 12.1. The van der Waals surface area contributed by atoms with Crippen LogP contribution in [-0.4, -0.2) is 38.1 Å². The summed E-state index contributed by atoms with van der Waals surface area (Å²) in [6.45, 7) is 1.49. The monoisotopic (exact) mass is 439 g/mol. The molecule has 1 aromatic carbocycles. The van der Waals surface area contributed by atoms with E-state index in [1.807, 2.05) is 0 Å². The van der Waals surface area contributed by atoms with Crippen molar-refractivity contribution in [2.24, 2.45) is 0 Å². The topological polar surface area (TPSA) is 111 Å². The fraction of sp³-hybridized carbons (Fsp3) is 0.278. The van der Waals surface area contributed by atoms with Gasteiger partial charge in [0.15, 0.2) is 15.6 Å². The van der Waals surface area contributed by atoms with Crippen LogP contribution in [-0.2, 0) is 19.9 Å². The lowest BCUT2D eigenvalue weighted by molar-refractivity contribution is 0.504. The maximum Gasteiger partial charge on any atom is 0.263 e. The number of anilines is 1. The van der Waals surface area contributed by atoms with Gasteiger partial charge in [0, 0.05) is 6.07 Å². The van der Waals surface area contributed by atoms with Crippen molar-refractivity contribution in [1.29, 1.82) is 0 Å². The lowest BCUT2D eigenvalue weighted by Gasteiger charge is -2.15.